The van der Waals surface area contributed by atoms with Gasteiger partial charge in [0, 0.05) is 30.7 Å². The smallest absolute Gasteiger partial charge is 0.372 e. The molecule has 0 radical (unpaired) electrons. The van der Waals surface area contributed by atoms with Crippen molar-refractivity contribution in [1.29, 1.82) is 0 Å². The molecule has 0 aliphatic carbocycles. The van der Waals surface area contributed by atoms with Crippen molar-refractivity contribution >= 4 is 35.4 Å². The average molecular weight is 467 g/mol. The Bertz CT molecular complexity index is 1020. The third-order valence-electron chi connectivity index (χ3n) is 4.00. The first-order valence-corrected chi connectivity index (χ1v) is 10.1. The van der Waals surface area contributed by atoms with Crippen molar-refractivity contribution in [3.05, 3.63) is 53.6 Å². The fraction of sp³-hybridized carbons (Fsp3) is 0.238. The highest BCUT2D eigenvalue weighted by atomic mass is 32.2. The van der Waals surface area contributed by atoms with E-state index in [1.54, 1.807) is 0 Å². The van der Waals surface area contributed by atoms with E-state index >= 15 is 0 Å². The van der Waals surface area contributed by atoms with Crippen LogP contribution < -0.4 is 10.1 Å². The van der Waals surface area contributed by atoms with Crippen LogP contribution in [0.15, 0.2) is 36.4 Å². The summed E-state index contributed by atoms with van der Waals surface area (Å²) in [6.07, 6.45) is -0.772. The second kappa shape index (κ2) is 11.8. The molecule has 0 saturated heterocycles. The minimum atomic E-state index is -0.902. The maximum absolute atomic E-state index is 14.1. The average Bonchev–Trinajstić information content (AvgIpc) is 2.73. The van der Waals surface area contributed by atoms with Crippen molar-refractivity contribution < 1.29 is 42.2 Å². The van der Waals surface area contributed by atoms with Crippen molar-refractivity contribution in [2.45, 2.75) is 19.6 Å². The quantitative estimate of drug-likeness (QED) is 0.338. The Kier molecular flexibility index (Phi) is 9.14. The van der Waals surface area contributed by atoms with Gasteiger partial charge in [0.1, 0.15) is 22.9 Å². The topological polar surface area (TPSA) is 108 Å². The highest BCUT2D eigenvalue weighted by Crippen LogP contribution is 2.30. The molecule has 0 aliphatic heterocycles. The van der Waals surface area contributed by atoms with Gasteiger partial charge in [-0.15, -0.1) is 0 Å². The summed E-state index contributed by atoms with van der Waals surface area (Å²) in [7, 11) is 1.13. The predicted molar refractivity (Wildman–Crippen MR) is 111 cm³/mol. The number of methoxy groups -OCH3 is 1. The predicted octanol–water partition coefficient (Wildman–Crippen LogP) is 3.68. The number of nitrogens with one attached hydrogen (secondary N) is 1. The van der Waals surface area contributed by atoms with E-state index < -0.39 is 35.0 Å². The van der Waals surface area contributed by atoms with E-state index in [-0.39, 0.29) is 41.1 Å². The standard InChI is InChI=1S/C21H19F2NO7S/c1-12(26)24-19(30-11-25)7-8-32-21(28)31-18-6-3-13(9-16(18)20(27)29-2)15-5-4-14(22)10-17(15)23/h3-6,9-11,19H,7-8H2,1-2H3,(H,24,26)/t19-/m1/s1. The number of esters is 1. The number of amides is 1. The van der Waals surface area contributed by atoms with Crippen molar-refractivity contribution in [3.8, 4) is 16.9 Å². The fourth-order valence-corrected chi connectivity index (χ4v) is 3.26. The first-order valence-electron chi connectivity index (χ1n) is 9.13. The van der Waals surface area contributed by atoms with E-state index in [9.17, 15) is 28.0 Å². The molecule has 0 saturated carbocycles. The molecule has 2 rings (SSSR count). The Morgan fingerprint density at radius 2 is 1.91 bits per heavy atom. The summed E-state index contributed by atoms with van der Waals surface area (Å²) in [4.78, 5) is 45.9. The zero-order valence-electron chi connectivity index (χ0n) is 17.1. The molecule has 8 nitrogen and oxygen atoms in total. The van der Waals surface area contributed by atoms with Crippen LogP contribution in [0, 0.1) is 11.6 Å². The van der Waals surface area contributed by atoms with Crippen LogP contribution >= 0.6 is 11.8 Å². The Balaban J connectivity index is 2.13. The molecule has 2 aromatic carbocycles. The van der Waals surface area contributed by atoms with E-state index in [0.29, 0.717) is 6.07 Å². The molecule has 32 heavy (non-hydrogen) atoms. The van der Waals surface area contributed by atoms with E-state index in [4.69, 9.17) is 14.2 Å². The maximum atomic E-state index is 14.1. The van der Waals surface area contributed by atoms with Crippen molar-refractivity contribution in [1.82, 2.24) is 5.32 Å². The van der Waals surface area contributed by atoms with E-state index in [0.717, 1.165) is 24.9 Å². The molecule has 1 amide bonds. The number of halogens is 2. The summed E-state index contributed by atoms with van der Waals surface area (Å²) in [6, 6.07) is 6.96. The molecule has 2 aromatic rings. The van der Waals surface area contributed by atoms with E-state index in [2.05, 4.69) is 5.32 Å². The largest absolute Gasteiger partial charge is 0.465 e. The number of rotatable bonds is 9. The number of hydrogen-bond acceptors (Lipinski definition) is 8. The lowest BCUT2D eigenvalue weighted by molar-refractivity contribution is -0.137. The van der Waals surface area contributed by atoms with Gasteiger partial charge >= 0.3 is 11.3 Å². The van der Waals surface area contributed by atoms with Crippen LogP contribution in [0.5, 0.6) is 5.75 Å². The number of thioether (sulfide) groups is 1. The zero-order valence-corrected chi connectivity index (χ0v) is 17.9. The highest BCUT2D eigenvalue weighted by Gasteiger charge is 2.19. The Morgan fingerprint density at radius 3 is 2.53 bits per heavy atom. The van der Waals surface area contributed by atoms with Gasteiger partial charge in [0.2, 0.25) is 5.91 Å². The fourth-order valence-electron chi connectivity index (χ4n) is 2.62. The summed E-state index contributed by atoms with van der Waals surface area (Å²) >= 11 is 0.723. The third-order valence-corrected chi connectivity index (χ3v) is 4.76. The number of carbonyl (C=O) groups is 4. The molecule has 0 heterocycles. The summed E-state index contributed by atoms with van der Waals surface area (Å²) < 4.78 is 41.9. The van der Waals surface area contributed by atoms with E-state index in [1.165, 1.54) is 31.2 Å². The Labute approximate surface area is 186 Å². The molecule has 0 aromatic heterocycles. The molecular weight excluding hydrogens is 448 g/mol. The van der Waals surface area contributed by atoms with Gasteiger partial charge in [-0.1, -0.05) is 6.07 Å². The number of ether oxygens (including phenoxy) is 3. The van der Waals surface area contributed by atoms with Gasteiger partial charge in [-0.2, -0.15) is 0 Å². The van der Waals surface area contributed by atoms with Crippen LogP contribution in [0.3, 0.4) is 0 Å². The van der Waals surface area contributed by atoms with Crippen LogP contribution in [0.25, 0.3) is 11.1 Å². The van der Waals surface area contributed by atoms with Crippen LogP contribution in [0.1, 0.15) is 23.7 Å². The lowest BCUT2D eigenvalue weighted by atomic mass is 10.0. The Hall–Kier alpha value is -3.47. The molecule has 1 atom stereocenters. The monoisotopic (exact) mass is 467 g/mol. The molecule has 0 aliphatic rings. The summed E-state index contributed by atoms with van der Waals surface area (Å²) in [6.45, 7) is 1.43. The molecule has 1 N–H and O–H groups in total. The molecular formula is C21H19F2NO7S. The van der Waals surface area contributed by atoms with Gasteiger partial charge in [-0.3, -0.25) is 9.59 Å². The van der Waals surface area contributed by atoms with E-state index in [1.807, 2.05) is 0 Å². The maximum Gasteiger partial charge on any atom is 0.372 e. The van der Waals surface area contributed by atoms with Gasteiger partial charge in [0.25, 0.3) is 6.47 Å². The van der Waals surface area contributed by atoms with Gasteiger partial charge in [-0.25, -0.2) is 18.4 Å². The van der Waals surface area contributed by atoms with Crippen LogP contribution in [0.2, 0.25) is 0 Å². The Morgan fingerprint density at radius 1 is 1.16 bits per heavy atom. The van der Waals surface area contributed by atoms with Gasteiger partial charge in [0.15, 0.2) is 6.23 Å². The van der Waals surface area contributed by atoms with Crippen molar-refractivity contribution in [2.75, 3.05) is 12.9 Å². The van der Waals surface area contributed by atoms with Gasteiger partial charge < -0.3 is 19.5 Å². The molecule has 0 spiro atoms. The second-order valence-electron chi connectivity index (χ2n) is 6.24. The van der Waals surface area contributed by atoms with Gasteiger partial charge in [0.05, 0.1) is 7.11 Å². The third kappa shape index (κ3) is 7.05. The molecule has 0 unspecified atom stereocenters. The number of benzene rings is 2. The number of carbonyl (C=O) groups excluding carboxylic acids is 4. The first-order chi connectivity index (χ1) is 15.2. The number of hydrogen-bond donors (Lipinski definition) is 1. The lowest BCUT2D eigenvalue weighted by Gasteiger charge is -2.15. The minimum Gasteiger partial charge on any atom is -0.465 e. The summed E-state index contributed by atoms with van der Waals surface area (Å²) in [5.41, 5.74) is 0.158. The molecule has 170 valence electrons. The second-order valence-corrected chi connectivity index (χ2v) is 7.27. The highest BCUT2D eigenvalue weighted by molar-refractivity contribution is 8.13. The van der Waals surface area contributed by atoms with Crippen LogP contribution in [-0.2, 0) is 19.1 Å². The van der Waals surface area contributed by atoms with Gasteiger partial charge in [-0.05, 0) is 41.6 Å². The summed E-state index contributed by atoms with van der Waals surface area (Å²) in [5, 5.41) is 1.62. The SMILES string of the molecule is COC(=O)c1cc(-c2ccc(F)cc2F)ccc1OC(=O)SCC[C@H](NC(C)=O)OC=O. The molecule has 0 fully saturated rings. The van der Waals surface area contributed by atoms with Crippen molar-refractivity contribution in [3.63, 3.8) is 0 Å². The van der Waals surface area contributed by atoms with Crippen molar-refractivity contribution in [2.24, 2.45) is 0 Å². The molecule has 0 bridgehead atoms. The minimum absolute atomic E-state index is 0.0444. The lowest BCUT2D eigenvalue weighted by Crippen LogP contribution is -2.35. The zero-order chi connectivity index (χ0) is 23.7. The molecule has 11 heteroatoms. The summed E-state index contributed by atoms with van der Waals surface area (Å²) in [5.74, 6) is -2.81. The van der Waals surface area contributed by atoms with Crippen LogP contribution in [-0.4, -0.2) is 42.7 Å². The normalized spacial score (nSPS) is 11.2. The van der Waals surface area contributed by atoms with Crippen LogP contribution in [0.4, 0.5) is 13.6 Å². The first kappa shape index (κ1) is 24.8.